The molecular weight excluding hydrogens is 524 g/mol. The smallest absolute Gasteiger partial charge is 0.344 e. The van der Waals surface area contributed by atoms with Gasteiger partial charge in [0, 0.05) is 18.4 Å². The molecular formula is C31H32N4O6. The van der Waals surface area contributed by atoms with E-state index in [2.05, 4.69) is 5.32 Å². The zero-order valence-electron chi connectivity index (χ0n) is 23.4. The van der Waals surface area contributed by atoms with Crippen LogP contribution < -0.4 is 10.2 Å². The van der Waals surface area contributed by atoms with Gasteiger partial charge in [0.15, 0.2) is 6.61 Å². The summed E-state index contributed by atoms with van der Waals surface area (Å²) >= 11 is 0. The molecule has 41 heavy (non-hydrogen) atoms. The highest BCUT2D eigenvalue weighted by molar-refractivity contribution is 6.24. The van der Waals surface area contributed by atoms with Gasteiger partial charge in [-0.05, 0) is 68.5 Å². The molecule has 4 rings (SSSR count). The van der Waals surface area contributed by atoms with Crippen LogP contribution in [0.5, 0.6) is 0 Å². The van der Waals surface area contributed by atoms with Gasteiger partial charge in [-0.1, -0.05) is 36.4 Å². The molecule has 0 saturated heterocycles. The van der Waals surface area contributed by atoms with Gasteiger partial charge >= 0.3 is 11.9 Å². The lowest BCUT2D eigenvalue weighted by molar-refractivity contribution is -0.146. The number of hydrogen-bond donors (Lipinski definition) is 1. The Morgan fingerprint density at radius 1 is 0.902 bits per heavy atom. The summed E-state index contributed by atoms with van der Waals surface area (Å²) in [5.74, 6) is -2.41. The summed E-state index contributed by atoms with van der Waals surface area (Å²) in [5, 5.41) is 2.85. The van der Waals surface area contributed by atoms with Crippen LogP contribution in [-0.2, 0) is 23.9 Å². The third kappa shape index (κ3) is 7.03. The van der Waals surface area contributed by atoms with E-state index in [9.17, 15) is 19.2 Å². The van der Waals surface area contributed by atoms with Crippen LogP contribution in [0.1, 0.15) is 34.3 Å². The standard InChI is InChI=1S/C31H32N4O6/c1-5-40-27(37)19-41-31(39)21-11-16-24-25(17-21)33-30(38)28(24)29(20-9-7-6-8-10-20)32-22-12-14-23(15-13-22)35(4)26(36)18-34(2)3/h6-17,28H,5,18-19H2,1-4H3,(H,33,38). The predicted octanol–water partition coefficient (Wildman–Crippen LogP) is 3.79. The van der Waals surface area contributed by atoms with Crippen molar-refractivity contribution in [1.29, 1.82) is 0 Å². The van der Waals surface area contributed by atoms with Crippen molar-refractivity contribution in [2.45, 2.75) is 12.8 Å². The molecule has 0 saturated carbocycles. The first kappa shape index (κ1) is 29.2. The van der Waals surface area contributed by atoms with E-state index in [-0.39, 0.29) is 30.5 Å². The molecule has 0 aromatic heterocycles. The van der Waals surface area contributed by atoms with E-state index in [4.69, 9.17) is 14.5 Å². The van der Waals surface area contributed by atoms with Crippen molar-refractivity contribution < 1.29 is 28.7 Å². The Labute approximate surface area is 238 Å². The lowest BCUT2D eigenvalue weighted by Gasteiger charge is -2.20. The van der Waals surface area contributed by atoms with Crippen molar-refractivity contribution in [1.82, 2.24) is 4.90 Å². The molecule has 1 atom stereocenters. The first-order valence-corrected chi connectivity index (χ1v) is 13.1. The van der Waals surface area contributed by atoms with Gasteiger partial charge in [-0.3, -0.25) is 14.6 Å². The molecule has 0 radical (unpaired) electrons. The Morgan fingerprint density at radius 2 is 1.61 bits per heavy atom. The minimum absolute atomic E-state index is 0.0420. The quantitative estimate of drug-likeness (QED) is 0.298. The topological polar surface area (TPSA) is 118 Å². The molecule has 0 aliphatic carbocycles. The number of likely N-dealkylation sites (N-methyl/N-ethyl adjacent to an activating group) is 2. The highest BCUT2D eigenvalue weighted by Gasteiger charge is 2.36. The van der Waals surface area contributed by atoms with Gasteiger partial charge in [0.05, 0.1) is 30.1 Å². The molecule has 0 fully saturated rings. The fourth-order valence-electron chi connectivity index (χ4n) is 4.39. The summed E-state index contributed by atoms with van der Waals surface area (Å²) in [6.45, 7) is 1.64. The zero-order valence-corrected chi connectivity index (χ0v) is 23.4. The normalized spacial score (nSPS) is 14.3. The second-order valence-electron chi connectivity index (χ2n) is 9.68. The van der Waals surface area contributed by atoms with Crippen LogP contribution in [0.25, 0.3) is 0 Å². The largest absolute Gasteiger partial charge is 0.463 e. The Hall–Kier alpha value is -4.83. The summed E-state index contributed by atoms with van der Waals surface area (Å²) < 4.78 is 9.82. The highest BCUT2D eigenvalue weighted by Crippen LogP contribution is 2.37. The number of nitrogens with one attached hydrogen (secondary N) is 1. The number of amides is 2. The molecule has 1 unspecified atom stereocenters. The van der Waals surface area contributed by atoms with Crippen molar-refractivity contribution in [3.8, 4) is 0 Å². The van der Waals surface area contributed by atoms with Crippen LogP contribution in [-0.4, -0.2) is 75.3 Å². The van der Waals surface area contributed by atoms with Crippen LogP contribution in [0, 0.1) is 0 Å². The van der Waals surface area contributed by atoms with Crippen LogP contribution in [0.3, 0.4) is 0 Å². The highest BCUT2D eigenvalue weighted by atomic mass is 16.6. The molecule has 3 aromatic rings. The summed E-state index contributed by atoms with van der Waals surface area (Å²) in [7, 11) is 5.40. The van der Waals surface area contributed by atoms with Crippen LogP contribution in [0.2, 0.25) is 0 Å². The van der Waals surface area contributed by atoms with Gasteiger partial charge in [0.2, 0.25) is 11.8 Å². The number of esters is 2. The van der Waals surface area contributed by atoms with Crippen molar-refractivity contribution in [2.24, 2.45) is 4.99 Å². The van der Waals surface area contributed by atoms with E-state index in [1.807, 2.05) is 61.5 Å². The van der Waals surface area contributed by atoms with Crippen LogP contribution >= 0.6 is 0 Å². The number of rotatable bonds is 10. The fourth-order valence-corrected chi connectivity index (χ4v) is 4.39. The number of nitrogens with zero attached hydrogens (tertiary/aromatic N) is 3. The summed E-state index contributed by atoms with van der Waals surface area (Å²) in [6.07, 6.45) is 0. The second-order valence-corrected chi connectivity index (χ2v) is 9.68. The first-order chi connectivity index (χ1) is 19.7. The van der Waals surface area contributed by atoms with Crippen LogP contribution in [0.4, 0.5) is 17.1 Å². The zero-order chi connectivity index (χ0) is 29.5. The summed E-state index contributed by atoms with van der Waals surface area (Å²) in [4.78, 5) is 58.0. The summed E-state index contributed by atoms with van der Waals surface area (Å²) in [5.41, 5.74) is 3.95. The lowest BCUT2D eigenvalue weighted by Crippen LogP contribution is -2.34. The molecule has 212 valence electrons. The van der Waals surface area contributed by atoms with Gasteiger partial charge in [-0.2, -0.15) is 0 Å². The van der Waals surface area contributed by atoms with Gasteiger partial charge in [-0.25, -0.2) is 9.59 Å². The third-order valence-corrected chi connectivity index (χ3v) is 6.40. The van der Waals surface area contributed by atoms with E-state index in [0.717, 1.165) is 11.3 Å². The van der Waals surface area contributed by atoms with E-state index in [1.165, 1.54) is 6.07 Å². The molecule has 10 heteroatoms. The van der Waals surface area contributed by atoms with Crippen molar-refractivity contribution in [3.63, 3.8) is 0 Å². The number of benzene rings is 3. The van der Waals surface area contributed by atoms with E-state index >= 15 is 0 Å². The maximum atomic E-state index is 13.3. The Morgan fingerprint density at radius 3 is 2.27 bits per heavy atom. The Bertz CT molecular complexity index is 1470. The average molecular weight is 557 g/mol. The fraction of sp³-hybridized carbons (Fsp3) is 0.258. The SMILES string of the molecule is CCOC(=O)COC(=O)c1ccc2c(c1)NC(=O)C2C(=Nc1ccc(N(C)C(=O)CN(C)C)cc1)c1ccccc1. The minimum atomic E-state index is -0.735. The Kier molecular flexibility index (Phi) is 9.26. The molecule has 1 aliphatic rings. The number of aliphatic imine (C=N–C) groups is 1. The predicted molar refractivity (Wildman–Crippen MR) is 156 cm³/mol. The molecule has 10 nitrogen and oxygen atoms in total. The lowest BCUT2D eigenvalue weighted by atomic mass is 9.90. The molecule has 0 bridgehead atoms. The minimum Gasteiger partial charge on any atom is -0.463 e. The van der Waals surface area contributed by atoms with E-state index < -0.39 is 24.5 Å². The van der Waals surface area contributed by atoms with Crippen molar-refractivity contribution >= 4 is 46.5 Å². The number of ether oxygens (including phenoxy) is 2. The van der Waals surface area contributed by atoms with Crippen LogP contribution in [0.15, 0.2) is 77.8 Å². The molecule has 0 spiro atoms. The van der Waals surface area contributed by atoms with Gasteiger partial charge in [0.1, 0.15) is 5.92 Å². The van der Waals surface area contributed by atoms with Crippen molar-refractivity contribution in [3.05, 3.63) is 89.5 Å². The molecule has 3 aromatic carbocycles. The number of anilines is 2. The molecule has 1 heterocycles. The van der Waals surface area contributed by atoms with Gasteiger partial charge < -0.3 is 24.6 Å². The summed E-state index contributed by atoms with van der Waals surface area (Å²) in [6, 6.07) is 21.4. The number of carbonyl (C=O) groups is 4. The number of fused-ring (bicyclic) bond motifs is 1. The Balaban J connectivity index is 1.63. The van der Waals surface area contributed by atoms with Gasteiger partial charge in [0.25, 0.3) is 0 Å². The maximum Gasteiger partial charge on any atom is 0.344 e. The maximum absolute atomic E-state index is 13.3. The molecule has 1 aliphatic heterocycles. The van der Waals surface area contributed by atoms with Gasteiger partial charge in [-0.15, -0.1) is 0 Å². The third-order valence-electron chi connectivity index (χ3n) is 6.40. The number of hydrogen-bond acceptors (Lipinski definition) is 8. The monoisotopic (exact) mass is 556 g/mol. The number of carbonyl (C=O) groups excluding carboxylic acids is 4. The average Bonchev–Trinajstić information content (AvgIpc) is 3.29. The first-order valence-electron chi connectivity index (χ1n) is 13.1. The molecule has 1 N–H and O–H groups in total. The van der Waals surface area contributed by atoms with E-state index in [0.29, 0.717) is 22.6 Å². The second kappa shape index (κ2) is 13.0. The van der Waals surface area contributed by atoms with E-state index in [1.54, 1.807) is 43.1 Å². The van der Waals surface area contributed by atoms with Crippen molar-refractivity contribution in [2.75, 3.05) is 51.1 Å². The molecule has 2 amide bonds.